The normalized spacial score (nSPS) is 26.6. The summed E-state index contributed by atoms with van der Waals surface area (Å²) in [5, 5.41) is 0. The van der Waals surface area contributed by atoms with E-state index in [1.807, 2.05) is 11.8 Å². The molecule has 0 bridgehead atoms. The molecule has 0 N–H and O–H groups in total. The number of piperidine rings is 1. The van der Waals surface area contributed by atoms with Crippen molar-refractivity contribution >= 4 is 11.8 Å². The molecule has 1 fully saturated rings. The zero-order valence-corrected chi connectivity index (χ0v) is 12.7. The van der Waals surface area contributed by atoms with Gasteiger partial charge < -0.3 is 4.74 Å². The van der Waals surface area contributed by atoms with Crippen molar-refractivity contribution in [1.82, 2.24) is 4.90 Å². The lowest BCUT2D eigenvalue weighted by Crippen LogP contribution is -2.47. The fourth-order valence-corrected chi connectivity index (χ4v) is 4.86. The van der Waals surface area contributed by atoms with Crippen LogP contribution in [0.25, 0.3) is 0 Å². The number of nitrogens with zero attached hydrogens (tertiary/aromatic N) is 1. The molecule has 2 aliphatic rings. The summed E-state index contributed by atoms with van der Waals surface area (Å²) in [6, 6.07) is 7.35. The molecule has 0 amide bonds. The van der Waals surface area contributed by atoms with Crippen LogP contribution in [0.1, 0.15) is 37.7 Å². The topological polar surface area (TPSA) is 12.5 Å². The summed E-state index contributed by atoms with van der Waals surface area (Å²) in [4.78, 5) is 4.18. The average molecular weight is 277 g/mol. The second-order valence-corrected chi connectivity index (χ2v) is 6.63. The Labute approximate surface area is 120 Å². The number of benzene rings is 1. The van der Waals surface area contributed by atoms with Gasteiger partial charge in [-0.3, -0.25) is 4.90 Å². The third kappa shape index (κ3) is 2.50. The van der Waals surface area contributed by atoms with Gasteiger partial charge in [-0.2, -0.15) is 0 Å². The second-order valence-electron chi connectivity index (χ2n) is 5.57. The third-order valence-corrected chi connectivity index (χ3v) is 5.62. The van der Waals surface area contributed by atoms with Gasteiger partial charge in [0.25, 0.3) is 0 Å². The Balaban J connectivity index is 1.90. The fourth-order valence-electron chi connectivity index (χ4n) is 3.53. The number of hydrogen-bond acceptors (Lipinski definition) is 3. The number of likely N-dealkylation sites (tertiary alicyclic amines) is 1. The van der Waals surface area contributed by atoms with Crippen LogP contribution in [0, 0.1) is 0 Å². The first kappa shape index (κ1) is 13.3. The molecule has 2 nitrogen and oxygen atoms in total. The maximum absolute atomic E-state index is 5.41. The van der Waals surface area contributed by atoms with E-state index in [0.717, 1.165) is 11.8 Å². The predicted octanol–water partition coefficient (Wildman–Crippen LogP) is 3.76. The first-order valence-corrected chi connectivity index (χ1v) is 8.37. The Kier molecular flexibility index (Phi) is 4.04. The van der Waals surface area contributed by atoms with Crippen molar-refractivity contribution in [3.8, 4) is 5.75 Å². The van der Waals surface area contributed by atoms with E-state index in [9.17, 15) is 0 Å². The highest BCUT2D eigenvalue weighted by molar-refractivity contribution is 7.99. The standard InChI is InChI=1S/C16H23NOS/c1-3-8-17-9-4-5-13-14-10-12(18-2)6-7-16(14)19-11-15(13)17/h6-7,10,13,15H,3-5,8-9,11H2,1-2H3/t13-,15+/m1/s1. The molecule has 1 aromatic carbocycles. The van der Waals surface area contributed by atoms with E-state index in [1.165, 1.54) is 48.6 Å². The molecule has 3 heteroatoms. The fraction of sp³-hybridized carbons (Fsp3) is 0.625. The molecule has 2 aliphatic heterocycles. The van der Waals surface area contributed by atoms with Crippen molar-refractivity contribution in [2.75, 3.05) is 26.0 Å². The van der Waals surface area contributed by atoms with E-state index in [0.29, 0.717) is 5.92 Å². The Morgan fingerprint density at radius 3 is 3.11 bits per heavy atom. The zero-order chi connectivity index (χ0) is 13.2. The van der Waals surface area contributed by atoms with E-state index in [-0.39, 0.29) is 0 Å². The molecule has 2 heterocycles. The van der Waals surface area contributed by atoms with Gasteiger partial charge in [-0.15, -0.1) is 11.8 Å². The van der Waals surface area contributed by atoms with Crippen LogP contribution >= 0.6 is 11.8 Å². The minimum Gasteiger partial charge on any atom is -0.497 e. The van der Waals surface area contributed by atoms with Crippen LogP contribution in [0.15, 0.2) is 23.1 Å². The maximum atomic E-state index is 5.41. The number of thioether (sulfide) groups is 1. The van der Waals surface area contributed by atoms with Crippen LogP contribution in [0.5, 0.6) is 5.75 Å². The summed E-state index contributed by atoms with van der Waals surface area (Å²) in [5.74, 6) is 2.98. The molecular weight excluding hydrogens is 254 g/mol. The number of rotatable bonds is 3. The van der Waals surface area contributed by atoms with Crippen molar-refractivity contribution in [1.29, 1.82) is 0 Å². The van der Waals surface area contributed by atoms with Crippen LogP contribution in [0.2, 0.25) is 0 Å². The molecule has 1 aromatic rings. The smallest absolute Gasteiger partial charge is 0.119 e. The summed E-state index contributed by atoms with van der Waals surface area (Å²) in [6.45, 7) is 4.83. The van der Waals surface area contributed by atoms with Gasteiger partial charge in [-0.1, -0.05) is 6.92 Å². The van der Waals surface area contributed by atoms with Crippen LogP contribution in [0.3, 0.4) is 0 Å². The van der Waals surface area contributed by atoms with Gasteiger partial charge in [0, 0.05) is 22.6 Å². The second kappa shape index (κ2) is 5.76. The molecule has 0 unspecified atom stereocenters. The molecule has 104 valence electrons. The van der Waals surface area contributed by atoms with Crippen LogP contribution in [0.4, 0.5) is 0 Å². The van der Waals surface area contributed by atoms with E-state index in [1.54, 1.807) is 7.11 Å². The Morgan fingerprint density at radius 1 is 1.42 bits per heavy atom. The number of fused-ring (bicyclic) bond motifs is 3. The molecule has 2 atom stereocenters. The lowest BCUT2D eigenvalue weighted by Gasteiger charge is -2.44. The Morgan fingerprint density at radius 2 is 2.32 bits per heavy atom. The van der Waals surface area contributed by atoms with Gasteiger partial charge in [0.1, 0.15) is 5.75 Å². The van der Waals surface area contributed by atoms with E-state index >= 15 is 0 Å². The Bertz CT molecular complexity index is 446. The van der Waals surface area contributed by atoms with E-state index in [2.05, 4.69) is 30.0 Å². The summed E-state index contributed by atoms with van der Waals surface area (Å²) >= 11 is 2.03. The number of ether oxygens (including phenoxy) is 1. The molecule has 3 rings (SSSR count). The van der Waals surface area contributed by atoms with E-state index in [4.69, 9.17) is 4.74 Å². The first-order chi connectivity index (χ1) is 9.33. The van der Waals surface area contributed by atoms with Gasteiger partial charge in [-0.25, -0.2) is 0 Å². The highest BCUT2D eigenvalue weighted by Crippen LogP contribution is 2.45. The largest absolute Gasteiger partial charge is 0.497 e. The van der Waals surface area contributed by atoms with Crippen molar-refractivity contribution in [2.45, 2.75) is 43.0 Å². The highest BCUT2D eigenvalue weighted by Gasteiger charge is 2.36. The van der Waals surface area contributed by atoms with Crippen molar-refractivity contribution < 1.29 is 4.74 Å². The molecule has 1 saturated heterocycles. The quantitative estimate of drug-likeness (QED) is 0.834. The monoisotopic (exact) mass is 277 g/mol. The van der Waals surface area contributed by atoms with Gasteiger partial charge >= 0.3 is 0 Å². The summed E-state index contributed by atoms with van der Waals surface area (Å²) < 4.78 is 5.41. The molecular formula is C16H23NOS. The molecule has 0 aromatic heterocycles. The maximum Gasteiger partial charge on any atom is 0.119 e. The minimum atomic E-state index is 0.714. The lowest BCUT2D eigenvalue weighted by atomic mass is 9.83. The van der Waals surface area contributed by atoms with Gasteiger partial charge in [0.15, 0.2) is 0 Å². The average Bonchev–Trinajstić information content (AvgIpc) is 2.47. The van der Waals surface area contributed by atoms with Gasteiger partial charge in [-0.05, 0) is 56.1 Å². The minimum absolute atomic E-state index is 0.714. The summed E-state index contributed by atoms with van der Waals surface area (Å²) in [5.41, 5.74) is 1.53. The number of hydrogen-bond donors (Lipinski definition) is 0. The van der Waals surface area contributed by atoms with Gasteiger partial charge in [0.05, 0.1) is 7.11 Å². The van der Waals surface area contributed by atoms with Crippen molar-refractivity contribution in [3.63, 3.8) is 0 Å². The number of methoxy groups -OCH3 is 1. The molecule has 19 heavy (non-hydrogen) atoms. The van der Waals surface area contributed by atoms with E-state index < -0.39 is 0 Å². The highest BCUT2D eigenvalue weighted by atomic mass is 32.2. The Hall–Kier alpha value is -0.670. The molecule has 0 aliphatic carbocycles. The lowest BCUT2D eigenvalue weighted by molar-refractivity contribution is 0.139. The van der Waals surface area contributed by atoms with Crippen LogP contribution in [-0.4, -0.2) is 36.9 Å². The molecule has 0 radical (unpaired) electrons. The van der Waals surface area contributed by atoms with Crippen LogP contribution < -0.4 is 4.74 Å². The zero-order valence-electron chi connectivity index (χ0n) is 11.9. The SMILES string of the molecule is CCCN1CCC[C@@H]2c3cc(OC)ccc3SC[C@@H]21. The van der Waals surface area contributed by atoms with Crippen molar-refractivity contribution in [2.24, 2.45) is 0 Å². The molecule has 0 spiro atoms. The summed E-state index contributed by atoms with van der Waals surface area (Å²) in [6.07, 6.45) is 3.94. The van der Waals surface area contributed by atoms with Crippen LogP contribution in [-0.2, 0) is 0 Å². The molecule has 0 saturated carbocycles. The van der Waals surface area contributed by atoms with Gasteiger partial charge in [0.2, 0.25) is 0 Å². The van der Waals surface area contributed by atoms with Crippen molar-refractivity contribution in [3.05, 3.63) is 23.8 Å². The first-order valence-electron chi connectivity index (χ1n) is 7.38. The predicted molar refractivity (Wildman–Crippen MR) is 81.3 cm³/mol. The summed E-state index contributed by atoms with van der Waals surface area (Å²) in [7, 11) is 1.76. The third-order valence-electron chi connectivity index (χ3n) is 4.43.